The molecule has 0 unspecified atom stereocenters. The third-order valence-corrected chi connectivity index (χ3v) is 3.49. The molecule has 0 saturated carbocycles. The molecule has 0 bridgehead atoms. The standard InChI is InChI=1S/C9H13S2/c1-10-8-4-6-9(7-5-8)11(2)3/h4-7H,1-3H3/q+1. The van der Waals surface area contributed by atoms with Crippen LogP contribution in [-0.2, 0) is 10.9 Å². The SMILES string of the molecule is CSc1ccc([S+](C)C)cc1. The zero-order chi connectivity index (χ0) is 8.27. The van der Waals surface area contributed by atoms with Crippen LogP contribution in [0.4, 0.5) is 0 Å². The van der Waals surface area contributed by atoms with E-state index in [1.807, 2.05) is 0 Å². The third kappa shape index (κ3) is 2.46. The minimum atomic E-state index is 0.402. The second kappa shape index (κ2) is 4.07. The largest absolute Gasteiger partial charge is 0.154 e. The number of benzene rings is 1. The van der Waals surface area contributed by atoms with E-state index in [0.717, 1.165) is 0 Å². The van der Waals surface area contributed by atoms with Crippen molar-refractivity contribution in [2.45, 2.75) is 9.79 Å². The molecule has 11 heavy (non-hydrogen) atoms. The van der Waals surface area contributed by atoms with E-state index in [9.17, 15) is 0 Å². The highest BCUT2D eigenvalue weighted by atomic mass is 32.2. The summed E-state index contributed by atoms with van der Waals surface area (Å²) in [6.45, 7) is 0. The van der Waals surface area contributed by atoms with Crippen LogP contribution in [-0.4, -0.2) is 18.8 Å². The van der Waals surface area contributed by atoms with E-state index < -0.39 is 0 Å². The van der Waals surface area contributed by atoms with Crippen molar-refractivity contribution in [1.82, 2.24) is 0 Å². The molecule has 1 aromatic carbocycles. The fourth-order valence-corrected chi connectivity index (χ4v) is 1.94. The van der Waals surface area contributed by atoms with Gasteiger partial charge in [-0.1, -0.05) is 0 Å². The molecular weight excluding hydrogens is 172 g/mol. The lowest BCUT2D eigenvalue weighted by molar-refractivity contribution is 1.35. The lowest BCUT2D eigenvalue weighted by Gasteiger charge is -1.97. The van der Waals surface area contributed by atoms with Gasteiger partial charge in [-0.25, -0.2) is 0 Å². The average molecular weight is 185 g/mol. The Kier molecular flexibility index (Phi) is 3.34. The van der Waals surface area contributed by atoms with Crippen molar-refractivity contribution in [2.24, 2.45) is 0 Å². The van der Waals surface area contributed by atoms with Crippen LogP contribution < -0.4 is 0 Å². The predicted octanol–water partition coefficient (Wildman–Crippen LogP) is 2.65. The first-order valence-corrected chi connectivity index (χ1v) is 6.72. The molecule has 0 saturated heterocycles. The van der Waals surface area contributed by atoms with Gasteiger partial charge >= 0.3 is 0 Å². The summed E-state index contributed by atoms with van der Waals surface area (Å²) in [6.07, 6.45) is 6.59. The van der Waals surface area contributed by atoms with Crippen LogP contribution in [0.25, 0.3) is 0 Å². The van der Waals surface area contributed by atoms with Gasteiger partial charge in [0.15, 0.2) is 4.90 Å². The van der Waals surface area contributed by atoms with Crippen molar-refractivity contribution in [2.75, 3.05) is 18.8 Å². The summed E-state index contributed by atoms with van der Waals surface area (Å²) in [5.74, 6) is 0. The van der Waals surface area contributed by atoms with E-state index in [1.54, 1.807) is 11.8 Å². The Morgan fingerprint density at radius 3 is 2.00 bits per heavy atom. The predicted molar refractivity (Wildman–Crippen MR) is 55.7 cm³/mol. The topological polar surface area (TPSA) is 0 Å². The molecule has 0 N–H and O–H groups in total. The second-order valence-electron chi connectivity index (χ2n) is 2.49. The Bertz CT molecular complexity index is 214. The summed E-state index contributed by atoms with van der Waals surface area (Å²) in [4.78, 5) is 2.79. The van der Waals surface area contributed by atoms with E-state index in [2.05, 4.69) is 43.0 Å². The van der Waals surface area contributed by atoms with E-state index in [4.69, 9.17) is 0 Å². The van der Waals surface area contributed by atoms with Gasteiger partial charge in [-0.05, 0) is 30.5 Å². The molecule has 0 nitrogen and oxygen atoms in total. The van der Waals surface area contributed by atoms with Gasteiger partial charge in [0, 0.05) is 15.8 Å². The molecule has 0 atom stereocenters. The van der Waals surface area contributed by atoms with Gasteiger partial charge in [0.2, 0.25) is 0 Å². The molecule has 60 valence electrons. The van der Waals surface area contributed by atoms with E-state index >= 15 is 0 Å². The van der Waals surface area contributed by atoms with Crippen LogP contribution in [0, 0.1) is 0 Å². The van der Waals surface area contributed by atoms with Gasteiger partial charge in [0.1, 0.15) is 12.5 Å². The van der Waals surface area contributed by atoms with Gasteiger partial charge < -0.3 is 0 Å². The summed E-state index contributed by atoms with van der Waals surface area (Å²) in [6, 6.07) is 8.81. The van der Waals surface area contributed by atoms with Crippen molar-refractivity contribution in [3.05, 3.63) is 24.3 Å². The monoisotopic (exact) mass is 185 g/mol. The Morgan fingerprint density at radius 1 is 1.09 bits per heavy atom. The molecule has 0 spiro atoms. The maximum Gasteiger partial charge on any atom is 0.154 e. The van der Waals surface area contributed by atoms with E-state index in [1.165, 1.54) is 9.79 Å². The van der Waals surface area contributed by atoms with Crippen molar-refractivity contribution in [1.29, 1.82) is 0 Å². The summed E-state index contributed by atoms with van der Waals surface area (Å²) in [7, 11) is 0.402. The van der Waals surface area contributed by atoms with Crippen LogP contribution in [0.15, 0.2) is 34.1 Å². The van der Waals surface area contributed by atoms with E-state index in [-0.39, 0.29) is 0 Å². The quantitative estimate of drug-likeness (QED) is 0.504. The van der Waals surface area contributed by atoms with Crippen molar-refractivity contribution in [3.63, 3.8) is 0 Å². The zero-order valence-corrected chi connectivity index (χ0v) is 8.76. The minimum Gasteiger partial charge on any atom is -0.130 e. The molecule has 1 aromatic rings. The average Bonchev–Trinajstić information content (AvgIpc) is 2.05. The number of hydrogen-bond donors (Lipinski definition) is 0. The lowest BCUT2D eigenvalue weighted by atomic mass is 10.4. The first kappa shape index (κ1) is 9.01. The van der Waals surface area contributed by atoms with Gasteiger partial charge in [-0.3, -0.25) is 0 Å². The summed E-state index contributed by atoms with van der Waals surface area (Å²) >= 11 is 1.79. The molecule has 0 aliphatic heterocycles. The van der Waals surface area contributed by atoms with Crippen LogP contribution in [0.5, 0.6) is 0 Å². The second-order valence-corrected chi connectivity index (χ2v) is 5.48. The fraction of sp³-hybridized carbons (Fsp3) is 0.333. The van der Waals surface area contributed by atoms with Crippen molar-refractivity contribution < 1.29 is 0 Å². The Balaban J connectivity index is 2.83. The van der Waals surface area contributed by atoms with Crippen molar-refractivity contribution >= 4 is 22.7 Å². The van der Waals surface area contributed by atoms with Gasteiger partial charge in [0.05, 0.1) is 0 Å². The van der Waals surface area contributed by atoms with Gasteiger partial charge in [0.25, 0.3) is 0 Å². The maximum atomic E-state index is 2.24. The molecule has 0 radical (unpaired) electrons. The molecule has 1 rings (SSSR count). The lowest BCUT2D eigenvalue weighted by Crippen LogP contribution is -1.94. The summed E-state index contributed by atoms with van der Waals surface area (Å²) in [5.41, 5.74) is 0. The molecule has 0 aliphatic carbocycles. The van der Waals surface area contributed by atoms with Crippen LogP contribution in [0.2, 0.25) is 0 Å². The Hall–Kier alpha value is -0.0800. The Labute approximate surface area is 75.7 Å². The number of hydrogen-bond acceptors (Lipinski definition) is 1. The smallest absolute Gasteiger partial charge is 0.130 e. The zero-order valence-electron chi connectivity index (χ0n) is 7.13. The van der Waals surface area contributed by atoms with Gasteiger partial charge in [-0.2, -0.15) is 0 Å². The van der Waals surface area contributed by atoms with E-state index in [0.29, 0.717) is 10.9 Å². The molecule has 0 fully saturated rings. The fourth-order valence-electron chi connectivity index (χ4n) is 0.848. The molecule has 2 heteroatoms. The van der Waals surface area contributed by atoms with Crippen LogP contribution in [0.3, 0.4) is 0 Å². The Morgan fingerprint density at radius 2 is 1.64 bits per heavy atom. The summed E-state index contributed by atoms with van der Waals surface area (Å²) in [5, 5.41) is 0. The first-order valence-electron chi connectivity index (χ1n) is 3.45. The molecule has 0 aliphatic rings. The number of thioether (sulfide) groups is 1. The molecule has 0 amide bonds. The van der Waals surface area contributed by atoms with Crippen molar-refractivity contribution in [3.8, 4) is 0 Å². The minimum absolute atomic E-state index is 0.402. The highest BCUT2D eigenvalue weighted by Gasteiger charge is 2.05. The van der Waals surface area contributed by atoms with Crippen LogP contribution >= 0.6 is 11.8 Å². The highest BCUT2D eigenvalue weighted by Crippen LogP contribution is 2.17. The third-order valence-electron chi connectivity index (χ3n) is 1.53. The maximum absolute atomic E-state index is 2.24. The molecule has 0 heterocycles. The molecule has 0 aromatic heterocycles. The molecular formula is C9H13S2+. The summed E-state index contributed by atoms with van der Waals surface area (Å²) < 4.78 is 0. The first-order chi connectivity index (χ1) is 5.24. The highest BCUT2D eigenvalue weighted by molar-refractivity contribution is 7.98. The normalized spacial score (nSPS) is 10.5. The van der Waals surface area contributed by atoms with Crippen LogP contribution in [0.1, 0.15) is 0 Å². The number of rotatable bonds is 2. The van der Waals surface area contributed by atoms with Gasteiger partial charge in [-0.15, -0.1) is 11.8 Å².